The van der Waals surface area contributed by atoms with E-state index in [-0.39, 0.29) is 16.8 Å². The fourth-order valence-electron chi connectivity index (χ4n) is 1.13. The summed E-state index contributed by atoms with van der Waals surface area (Å²) in [7, 11) is 1.64. The lowest BCUT2D eigenvalue weighted by Gasteiger charge is -2.11. The maximum absolute atomic E-state index is 11.1. The first-order valence-electron chi connectivity index (χ1n) is 4.83. The van der Waals surface area contributed by atoms with Crippen molar-refractivity contribution in [1.82, 2.24) is 14.8 Å². The van der Waals surface area contributed by atoms with Crippen LogP contribution in [0.2, 0.25) is 0 Å². The van der Waals surface area contributed by atoms with Crippen molar-refractivity contribution in [3.8, 4) is 0 Å². The average Bonchev–Trinajstić information content (AvgIpc) is 2.59. The molecule has 0 saturated carbocycles. The number of aromatic amines is 1. The number of hydrogen-bond acceptors (Lipinski definition) is 5. The molecule has 1 rings (SSSR count). The summed E-state index contributed by atoms with van der Waals surface area (Å²) in [6.45, 7) is 1.99. The Morgan fingerprint density at radius 1 is 1.81 bits per heavy atom. The summed E-state index contributed by atoms with van der Waals surface area (Å²) in [5.74, 6) is 0.180. The second kappa shape index (κ2) is 5.59. The molecule has 0 aliphatic rings. The Hall–Kier alpha value is -1.44. The monoisotopic (exact) mass is 245 g/mol. The molecule has 8 heteroatoms. The molecule has 1 aromatic rings. The molecule has 4 N–H and O–H groups in total. The van der Waals surface area contributed by atoms with Crippen molar-refractivity contribution in [2.75, 3.05) is 0 Å². The van der Waals surface area contributed by atoms with Crippen LogP contribution in [0.15, 0.2) is 15.1 Å². The lowest BCUT2D eigenvalue weighted by Crippen LogP contribution is -2.19. The highest BCUT2D eigenvalue weighted by atomic mass is 32.2. The lowest BCUT2D eigenvalue weighted by molar-refractivity contribution is 0.316. The fraction of sp³-hybridized carbons (Fsp3) is 0.625. The molecule has 0 spiro atoms. The number of nitrogens with zero attached hydrogens (tertiary/aromatic N) is 3. The van der Waals surface area contributed by atoms with Crippen molar-refractivity contribution in [2.45, 2.75) is 30.2 Å². The largest absolute Gasteiger partial charge is 0.409 e. The standard InChI is InChI=1S/C8H15N5O2S/c1-3-5(4-6(9)12-15)16-8-11-10-7(14)13(8)2/h5,15H,3-4H2,1-2H3,(H2,9,12)(H,10,14). The van der Waals surface area contributed by atoms with E-state index in [2.05, 4.69) is 15.4 Å². The molecule has 1 aromatic heterocycles. The quantitative estimate of drug-likeness (QED) is 0.224. The normalized spacial score (nSPS) is 14.0. The van der Waals surface area contributed by atoms with E-state index in [4.69, 9.17) is 10.9 Å². The van der Waals surface area contributed by atoms with Gasteiger partial charge in [-0.15, -0.1) is 5.10 Å². The van der Waals surface area contributed by atoms with Crippen LogP contribution in [-0.2, 0) is 7.05 Å². The predicted molar refractivity (Wildman–Crippen MR) is 61.8 cm³/mol. The van der Waals surface area contributed by atoms with E-state index < -0.39 is 0 Å². The van der Waals surface area contributed by atoms with E-state index in [0.717, 1.165) is 6.42 Å². The highest BCUT2D eigenvalue weighted by Gasteiger charge is 2.14. The Balaban J connectivity index is 2.70. The Morgan fingerprint density at radius 2 is 2.50 bits per heavy atom. The van der Waals surface area contributed by atoms with Crippen LogP contribution in [0.25, 0.3) is 0 Å². The third-order valence-corrected chi connectivity index (χ3v) is 3.54. The summed E-state index contributed by atoms with van der Waals surface area (Å²) >= 11 is 1.43. The van der Waals surface area contributed by atoms with Gasteiger partial charge in [0.15, 0.2) is 5.16 Å². The van der Waals surface area contributed by atoms with Crippen molar-refractivity contribution in [3.05, 3.63) is 10.5 Å². The van der Waals surface area contributed by atoms with E-state index in [1.54, 1.807) is 7.05 Å². The highest BCUT2D eigenvalue weighted by Crippen LogP contribution is 2.24. The summed E-state index contributed by atoms with van der Waals surface area (Å²) in [5.41, 5.74) is 5.19. The molecule has 0 fully saturated rings. The Labute approximate surface area is 96.7 Å². The molecular weight excluding hydrogens is 230 g/mol. The molecule has 1 unspecified atom stereocenters. The van der Waals surface area contributed by atoms with Crippen molar-refractivity contribution < 1.29 is 5.21 Å². The number of amidine groups is 1. The Bertz CT molecular complexity index is 424. The van der Waals surface area contributed by atoms with Gasteiger partial charge in [-0.25, -0.2) is 9.89 Å². The molecule has 0 aliphatic heterocycles. The molecule has 0 saturated heterocycles. The lowest BCUT2D eigenvalue weighted by atomic mass is 10.2. The fourth-order valence-corrected chi connectivity index (χ4v) is 2.19. The first-order chi connectivity index (χ1) is 7.58. The zero-order valence-corrected chi connectivity index (χ0v) is 9.99. The van der Waals surface area contributed by atoms with Gasteiger partial charge in [-0.3, -0.25) is 4.57 Å². The van der Waals surface area contributed by atoms with Gasteiger partial charge in [0.2, 0.25) is 0 Å². The number of oxime groups is 1. The van der Waals surface area contributed by atoms with Gasteiger partial charge in [-0.05, 0) is 6.42 Å². The van der Waals surface area contributed by atoms with E-state index >= 15 is 0 Å². The zero-order chi connectivity index (χ0) is 12.1. The van der Waals surface area contributed by atoms with E-state index in [9.17, 15) is 4.79 Å². The van der Waals surface area contributed by atoms with Gasteiger partial charge in [0.1, 0.15) is 5.84 Å². The molecule has 1 atom stereocenters. The summed E-state index contributed by atoms with van der Waals surface area (Å²) in [6.07, 6.45) is 1.29. The molecule has 0 bridgehead atoms. The maximum atomic E-state index is 11.1. The summed E-state index contributed by atoms with van der Waals surface area (Å²) in [6, 6.07) is 0. The zero-order valence-electron chi connectivity index (χ0n) is 9.17. The summed E-state index contributed by atoms with van der Waals surface area (Å²) in [4.78, 5) is 11.1. The Morgan fingerprint density at radius 3 is 2.94 bits per heavy atom. The van der Waals surface area contributed by atoms with Gasteiger partial charge in [0, 0.05) is 18.7 Å². The third kappa shape index (κ3) is 3.02. The number of thioether (sulfide) groups is 1. The number of H-pyrrole nitrogens is 1. The maximum Gasteiger partial charge on any atom is 0.343 e. The first kappa shape index (κ1) is 12.6. The van der Waals surface area contributed by atoms with Crippen LogP contribution in [0.1, 0.15) is 19.8 Å². The van der Waals surface area contributed by atoms with Crippen molar-refractivity contribution >= 4 is 17.6 Å². The van der Waals surface area contributed by atoms with Crippen LogP contribution < -0.4 is 11.4 Å². The average molecular weight is 245 g/mol. The molecule has 0 aromatic carbocycles. The SMILES string of the molecule is CCC(CC(N)=NO)Sc1n[nH]c(=O)n1C. The van der Waals surface area contributed by atoms with Crippen molar-refractivity contribution in [2.24, 2.45) is 17.9 Å². The van der Waals surface area contributed by atoms with Crippen molar-refractivity contribution in [3.63, 3.8) is 0 Å². The second-order valence-electron chi connectivity index (χ2n) is 3.31. The van der Waals surface area contributed by atoms with Crippen LogP contribution in [0.5, 0.6) is 0 Å². The second-order valence-corrected chi connectivity index (χ2v) is 4.58. The van der Waals surface area contributed by atoms with Gasteiger partial charge >= 0.3 is 5.69 Å². The molecule has 0 amide bonds. The van der Waals surface area contributed by atoms with Gasteiger partial charge < -0.3 is 10.9 Å². The number of hydrogen-bond donors (Lipinski definition) is 3. The molecule has 0 radical (unpaired) electrons. The highest BCUT2D eigenvalue weighted by molar-refractivity contribution is 7.99. The number of rotatable bonds is 5. The predicted octanol–water partition coefficient (Wildman–Crippen LogP) is 0.116. The molecule has 16 heavy (non-hydrogen) atoms. The van der Waals surface area contributed by atoms with Crippen LogP contribution in [0.4, 0.5) is 0 Å². The summed E-state index contributed by atoms with van der Waals surface area (Å²) in [5, 5.41) is 18.4. The van der Waals surface area contributed by atoms with Crippen molar-refractivity contribution in [1.29, 1.82) is 0 Å². The molecular formula is C8H15N5O2S. The first-order valence-corrected chi connectivity index (χ1v) is 5.70. The topological polar surface area (TPSA) is 109 Å². The molecule has 0 aliphatic carbocycles. The van der Waals surface area contributed by atoms with E-state index in [1.165, 1.54) is 16.3 Å². The minimum absolute atomic E-state index is 0.129. The van der Waals surface area contributed by atoms with Gasteiger partial charge in [-0.2, -0.15) is 0 Å². The van der Waals surface area contributed by atoms with Crippen LogP contribution in [-0.4, -0.2) is 31.1 Å². The number of nitrogens with two attached hydrogens (primary N) is 1. The molecule has 1 heterocycles. The van der Waals surface area contributed by atoms with E-state index in [0.29, 0.717) is 11.6 Å². The van der Waals surface area contributed by atoms with Gasteiger partial charge in [-0.1, -0.05) is 23.8 Å². The van der Waals surface area contributed by atoms with Gasteiger partial charge in [0.25, 0.3) is 0 Å². The van der Waals surface area contributed by atoms with E-state index in [1.807, 2.05) is 6.92 Å². The van der Waals surface area contributed by atoms with Crippen LogP contribution >= 0.6 is 11.8 Å². The van der Waals surface area contributed by atoms with Crippen LogP contribution in [0.3, 0.4) is 0 Å². The smallest absolute Gasteiger partial charge is 0.343 e. The third-order valence-electron chi connectivity index (χ3n) is 2.13. The number of nitrogens with one attached hydrogen (secondary N) is 1. The summed E-state index contributed by atoms with van der Waals surface area (Å²) < 4.78 is 1.43. The minimum Gasteiger partial charge on any atom is -0.409 e. The molecule has 90 valence electrons. The van der Waals surface area contributed by atoms with Crippen LogP contribution in [0, 0.1) is 0 Å². The number of aromatic nitrogens is 3. The minimum atomic E-state index is -0.249. The Kier molecular flexibility index (Phi) is 4.41. The molecule has 7 nitrogen and oxygen atoms in total. The van der Waals surface area contributed by atoms with Gasteiger partial charge in [0.05, 0.1) is 0 Å².